The zero-order chi connectivity index (χ0) is 19.8. The highest BCUT2D eigenvalue weighted by atomic mass is 19.4. The highest BCUT2D eigenvalue weighted by Gasteiger charge is 2.51. The molecule has 7 heteroatoms. The van der Waals surface area contributed by atoms with Gasteiger partial charge in [-0.2, -0.15) is 13.2 Å². The summed E-state index contributed by atoms with van der Waals surface area (Å²) in [5.74, 6) is 0.118. The Hall–Kier alpha value is -2.28. The standard InChI is InChI=1S/C20H23F3N2O2/c1-4-10-27-14-9-8-13-6-5-7-15(16(13)11-14)17(20(21,22)23)25-12-19(2,3)18(26)24-25/h5-9,11,17H,4,10,12H2,1-3H3,(H,24,26). The maximum Gasteiger partial charge on any atom is 0.409 e. The van der Waals surface area contributed by atoms with Crippen molar-refractivity contribution in [3.63, 3.8) is 0 Å². The van der Waals surface area contributed by atoms with Gasteiger partial charge in [0.15, 0.2) is 6.04 Å². The lowest BCUT2D eigenvalue weighted by atomic mass is 9.93. The van der Waals surface area contributed by atoms with E-state index in [2.05, 4.69) is 5.43 Å². The lowest BCUT2D eigenvalue weighted by Crippen LogP contribution is -2.43. The van der Waals surface area contributed by atoms with Crippen LogP contribution in [0.1, 0.15) is 38.8 Å². The SMILES string of the molecule is CCCOc1ccc2cccc(C(N3CC(C)(C)C(=O)N3)C(F)(F)F)c2c1. The first kappa shape index (κ1) is 19.5. The van der Waals surface area contributed by atoms with Crippen LogP contribution >= 0.6 is 0 Å². The van der Waals surface area contributed by atoms with Gasteiger partial charge in [-0.1, -0.05) is 31.2 Å². The predicted molar refractivity (Wildman–Crippen MR) is 97.2 cm³/mol. The normalized spacial score (nSPS) is 18.5. The van der Waals surface area contributed by atoms with Gasteiger partial charge in [0.05, 0.1) is 12.0 Å². The maximum atomic E-state index is 14.0. The van der Waals surface area contributed by atoms with Gasteiger partial charge >= 0.3 is 6.18 Å². The molecule has 4 nitrogen and oxygen atoms in total. The fraction of sp³-hybridized carbons (Fsp3) is 0.450. The summed E-state index contributed by atoms with van der Waals surface area (Å²) in [6.07, 6.45) is -3.75. The average molecular weight is 380 g/mol. The molecule has 1 saturated heterocycles. The molecule has 1 unspecified atom stereocenters. The lowest BCUT2D eigenvalue weighted by molar-refractivity contribution is -0.191. The average Bonchev–Trinajstić information content (AvgIpc) is 2.84. The number of benzene rings is 2. The zero-order valence-corrected chi connectivity index (χ0v) is 15.6. The number of hydrogen-bond donors (Lipinski definition) is 1. The van der Waals surface area contributed by atoms with E-state index in [1.807, 2.05) is 6.92 Å². The Morgan fingerprint density at radius 3 is 2.59 bits per heavy atom. The van der Waals surface area contributed by atoms with Crippen LogP contribution < -0.4 is 10.2 Å². The fourth-order valence-electron chi connectivity index (χ4n) is 3.32. The molecule has 1 N–H and O–H groups in total. The Labute approximate surface area is 156 Å². The largest absolute Gasteiger partial charge is 0.494 e. The third-order valence-electron chi connectivity index (χ3n) is 4.70. The predicted octanol–water partition coefficient (Wildman–Crippen LogP) is 4.61. The Bertz CT molecular complexity index is 849. The smallest absolute Gasteiger partial charge is 0.409 e. The van der Waals surface area contributed by atoms with E-state index in [1.54, 1.807) is 44.2 Å². The Morgan fingerprint density at radius 1 is 1.26 bits per heavy atom. The maximum absolute atomic E-state index is 14.0. The van der Waals surface area contributed by atoms with Crippen LogP contribution in [-0.4, -0.2) is 30.2 Å². The molecule has 0 radical (unpaired) electrons. The number of alkyl halides is 3. The van der Waals surface area contributed by atoms with Crippen molar-refractivity contribution < 1.29 is 22.7 Å². The summed E-state index contributed by atoms with van der Waals surface area (Å²) in [7, 11) is 0. The van der Waals surface area contributed by atoms with E-state index >= 15 is 0 Å². The minimum atomic E-state index is -4.55. The number of amides is 1. The molecule has 3 rings (SSSR count). The fourth-order valence-corrected chi connectivity index (χ4v) is 3.32. The Balaban J connectivity index is 2.09. The van der Waals surface area contributed by atoms with E-state index in [4.69, 9.17) is 4.74 Å². The van der Waals surface area contributed by atoms with Gasteiger partial charge < -0.3 is 4.74 Å². The second-order valence-electron chi connectivity index (χ2n) is 7.48. The van der Waals surface area contributed by atoms with Crippen molar-refractivity contribution in [2.75, 3.05) is 13.2 Å². The van der Waals surface area contributed by atoms with E-state index < -0.39 is 23.5 Å². The molecule has 0 aromatic heterocycles. The van der Waals surface area contributed by atoms with Crippen molar-refractivity contribution in [2.45, 2.75) is 39.4 Å². The molecule has 1 amide bonds. The summed E-state index contributed by atoms with van der Waals surface area (Å²) >= 11 is 0. The van der Waals surface area contributed by atoms with Crippen LogP contribution in [-0.2, 0) is 4.79 Å². The number of fused-ring (bicyclic) bond motifs is 1. The first-order valence-corrected chi connectivity index (χ1v) is 8.93. The molecular weight excluding hydrogens is 357 g/mol. The van der Waals surface area contributed by atoms with E-state index in [1.165, 1.54) is 6.07 Å². The van der Waals surface area contributed by atoms with Crippen LogP contribution in [0.2, 0.25) is 0 Å². The van der Waals surface area contributed by atoms with Gasteiger partial charge in [-0.05, 0) is 48.7 Å². The molecule has 2 aromatic rings. The van der Waals surface area contributed by atoms with Crippen LogP contribution in [0.4, 0.5) is 13.2 Å². The third kappa shape index (κ3) is 3.88. The van der Waals surface area contributed by atoms with Crippen LogP contribution in [0, 0.1) is 5.41 Å². The summed E-state index contributed by atoms with van der Waals surface area (Å²) in [6.45, 7) is 5.69. The topological polar surface area (TPSA) is 41.6 Å². The number of ether oxygens (including phenoxy) is 1. The molecule has 0 bridgehead atoms. The monoisotopic (exact) mass is 380 g/mol. The number of hydrazine groups is 1. The van der Waals surface area contributed by atoms with Crippen molar-refractivity contribution >= 4 is 16.7 Å². The van der Waals surface area contributed by atoms with Crippen molar-refractivity contribution in [3.05, 3.63) is 42.0 Å². The van der Waals surface area contributed by atoms with Gasteiger partial charge in [0.2, 0.25) is 5.91 Å². The minimum absolute atomic E-state index is 0.0293. The summed E-state index contributed by atoms with van der Waals surface area (Å²) in [4.78, 5) is 12.1. The van der Waals surface area contributed by atoms with Gasteiger partial charge in [0, 0.05) is 6.54 Å². The van der Waals surface area contributed by atoms with E-state index in [9.17, 15) is 18.0 Å². The van der Waals surface area contributed by atoms with Crippen molar-refractivity contribution in [1.82, 2.24) is 10.4 Å². The molecule has 1 atom stereocenters. The molecular formula is C20H23F3N2O2. The minimum Gasteiger partial charge on any atom is -0.494 e. The van der Waals surface area contributed by atoms with Crippen molar-refractivity contribution in [2.24, 2.45) is 5.41 Å². The second kappa shape index (κ2) is 7.03. The second-order valence-corrected chi connectivity index (χ2v) is 7.48. The molecule has 146 valence electrons. The van der Waals surface area contributed by atoms with E-state index in [0.29, 0.717) is 23.1 Å². The van der Waals surface area contributed by atoms with Gasteiger partial charge in [0.25, 0.3) is 0 Å². The van der Waals surface area contributed by atoms with Crippen LogP contribution in [0.3, 0.4) is 0 Å². The molecule has 1 fully saturated rings. The number of carbonyl (C=O) groups excluding carboxylic acids is 1. The summed E-state index contributed by atoms with van der Waals surface area (Å²) < 4.78 is 47.7. The molecule has 0 spiro atoms. The van der Waals surface area contributed by atoms with Gasteiger partial charge in [-0.15, -0.1) is 0 Å². The molecule has 0 saturated carbocycles. The van der Waals surface area contributed by atoms with Crippen molar-refractivity contribution in [3.8, 4) is 5.75 Å². The zero-order valence-electron chi connectivity index (χ0n) is 15.6. The van der Waals surface area contributed by atoms with E-state index in [-0.39, 0.29) is 12.1 Å². The molecule has 1 aliphatic heterocycles. The molecule has 0 aliphatic carbocycles. The number of nitrogens with zero attached hydrogens (tertiary/aromatic N) is 1. The first-order chi connectivity index (χ1) is 12.6. The van der Waals surface area contributed by atoms with Gasteiger partial charge in [0.1, 0.15) is 5.75 Å². The highest BCUT2D eigenvalue weighted by molar-refractivity contribution is 5.88. The molecule has 2 aromatic carbocycles. The van der Waals surface area contributed by atoms with Gasteiger partial charge in [-0.25, -0.2) is 5.01 Å². The van der Waals surface area contributed by atoms with Crippen LogP contribution in [0.15, 0.2) is 36.4 Å². The number of carbonyl (C=O) groups is 1. The van der Waals surface area contributed by atoms with Crippen molar-refractivity contribution in [1.29, 1.82) is 0 Å². The molecule has 1 aliphatic rings. The van der Waals surface area contributed by atoms with Gasteiger partial charge in [-0.3, -0.25) is 10.2 Å². The number of nitrogens with one attached hydrogen (secondary N) is 1. The Kier molecular flexibility index (Phi) is 5.08. The third-order valence-corrected chi connectivity index (χ3v) is 4.70. The Morgan fingerprint density at radius 2 is 2.00 bits per heavy atom. The molecule has 1 heterocycles. The highest BCUT2D eigenvalue weighted by Crippen LogP contribution is 2.43. The quantitative estimate of drug-likeness (QED) is 0.824. The summed E-state index contributed by atoms with van der Waals surface area (Å²) in [5.41, 5.74) is 1.62. The lowest BCUT2D eigenvalue weighted by Gasteiger charge is -2.30. The number of halogens is 3. The molecule has 27 heavy (non-hydrogen) atoms. The van der Waals surface area contributed by atoms with Crippen LogP contribution in [0.25, 0.3) is 10.8 Å². The number of rotatable bonds is 5. The van der Waals surface area contributed by atoms with Crippen LogP contribution in [0.5, 0.6) is 5.75 Å². The van der Waals surface area contributed by atoms with E-state index in [0.717, 1.165) is 11.4 Å². The summed E-state index contributed by atoms with van der Waals surface area (Å²) in [5, 5.41) is 2.15. The summed E-state index contributed by atoms with van der Waals surface area (Å²) in [6, 6.07) is 8.04. The number of hydrogen-bond acceptors (Lipinski definition) is 3. The first-order valence-electron chi connectivity index (χ1n) is 8.93.